The van der Waals surface area contributed by atoms with Gasteiger partial charge in [0.15, 0.2) is 0 Å². The highest BCUT2D eigenvalue weighted by Crippen LogP contribution is 2.60. The molecule has 3 aromatic rings. The Morgan fingerprint density at radius 1 is 0.607 bits per heavy atom. The molecule has 1 heterocycles. The van der Waals surface area contributed by atoms with Gasteiger partial charge in [0.05, 0.1) is 29.4 Å². The average Bonchev–Trinajstić information content (AvgIpc) is 3.38. The number of rotatable bonds is 5. The minimum absolute atomic E-state index is 0.257. The zero-order valence-electron chi connectivity index (χ0n) is 16.3. The van der Waals surface area contributed by atoms with Crippen LogP contribution in [0.5, 0.6) is 0 Å². The van der Waals surface area contributed by atoms with E-state index in [0.29, 0.717) is 5.92 Å². The van der Waals surface area contributed by atoms with Gasteiger partial charge in [-0.15, -0.1) is 0 Å². The van der Waals surface area contributed by atoms with Crippen LogP contribution in [0, 0.1) is 6.67 Å². The van der Waals surface area contributed by atoms with E-state index in [4.69, 9.17) is 0 Å². The highest BCUT2D eigenvalue weighted by atomic mass is 15.4. The molecule has 0 fully saturated rings. The summed E-state index contributed by atoms with van der Waals surface area (Å²) in [7, 11) is 0. The maximum Gasteiger partial charge on any atom is 0.209 e. The molecule has 28 heavy (non-hydrogen) atoms. The Balaban J connectivity index is 1.48. The number of hydrogen-bond donors (Lipinski definition) is 0. The fraction of sp³-hybridized carbons (Fsp3) is 0.192. The van der Waals surface area contributed by atoms with Crippen LogP contribution in [0.25, 0.3) is 0 Å². The Morgan fingerprint density at radius 3 is 1.43 bits per heavy atom. The first kappa shape index (κ1) is 17.1. The van der Waals surface area contributed by atoms with Gasteiger partial charge in [-0.25, -0.2) is 0 Å². The fourth-order valence-electron chi connectivity index (χ4n) is 4.26. The lowest BCUT2D eigenvalue weighted by Crippen LogP contribution is -2.31. The van der Waals surface area contributed by atoms with Gasteiger partial charge < -0.3 is 9.80 Å². The minimum Gasteiger partial charge on any atom is -0.335 e. The second-order valence-electron chi connectivity index (χ2n) is 7.63. The zero-order chi connectivity index (χ0) is 19.1. The van der Waals surface area contributed by atoms with Crippen LogP contribution in [0.3, 0.4) is 0 Å². The first-order chi connectivity index (χ1) is 13.8. The summed E-state index contributed by atoms with van der Waals surface area (Å²) in [6, 6.07) is 32.8. The van der Waals surface area contributed by atoms with Crippen LogP contribution in [0.4, 0.5) is 0 Å². The van der Waals surface area contributed by atoms with E-state index in [1.54, 1.807) is 0 Å². The summed E-state index contributed by atoms with van der Waals surface area (Å²) < 4.78 is 0. The molecule has 2 atom stereocenters. The highest BCUT2D eigenvalue weighted by molar-refractivity contribution is 5.57. The molecule has 1 aliphatic carbocycles. The summed E-state index contributed by atoms with van der Waals surface area (Å²) in [6.07, 6.45) is 0. The van der Waals surface area contributed by atoms with Gasteiger partial charge in [-0.1, -0.05) is 91.0 Å². The Morgan fingerprint density at radius 2 is 1.00 bits per heavy atom. The molecule has 2 unspecified atom stereocenters. The molecule has 0 amide bonds. The summed E-state index contributed by atoms with van der Waals surface area (Å²) in [5.41, 5.74) is 6.78. The van der Waals surface area contributed by atoms with Gasteiger partial charge >= 0.3 is 0 Å². The van der Waals surface area contributed by atoms with Gasteiger partial charge in [0, 0.05) is 0 Å². The zero-order valence-corrected chi connectivity index (χ0v) is 16.3. The minimum atomic E-state index is 0.257. The van der Waals surface area contributed by atoms with Crippen molar-refractivity contribution in [3.63, 3.8) is 0 Å². The Bertz CT molecular complexity index is 917. The summed E-state index contributed by atoms with van der Waals surface area (Å²) >= 11 is 0. The molecule has 2 radical (unpaired) electrons. The van der Waals surface area contributed by atoms with Crippen LogP contribution >= 0.6 is 0 Å². The molecule has 0 saturated heterocycles. The van der Waals surface area contributed by atoms with Gasteiger partial charge in [0.2, 0.25) is 6.67 Å². The lowest BCUT2D eigenvalue weighted by Gasteiger charge is -2.35. The molecule has 0 bridgehead atoms. The van der Waals surface area contributed by atoms with Crippen molar-refractivity contribution in [2.24, 2.45) is 0 Å². The second kappa shape index (κ2) is 6.87. The number of nitrogens with zero attached hydrogens (tertiary/aromatic N) is 2. The van der Waals surface area contributed by atoms with E-state index in [2.05, 4.69) is 121 Å². The van der Waals surface area contributed by atoms with Crippen molar-refractivity contribution in [1.82, 2.24) is 9.80 Å². The molecule has 2 aliphatic rings. The smallest absolute Gasteiger partial charge is 0.209 e. The topological polar surface area (TPSA) is 6.48 Å². The summed E-state index contributed by atoms with van der Waals surface area (Å²) in [6.45, 7) is 8.22. The van der Waals surface area contributed by atoms with Crippen LogP contribution < -0.4 is 0 Å². The van der Waals surface area contributed by atoms with Gasteiger partial charge in [-0.3, -0.25) is 0 Å². The van der Waals surface area contributed by atoms with Crippen LogP contribution in [0.1, 0.15) is 48.5 Å². The Labute approximate surface area is 167 Å². The van der Waals surface area contributed by atoms with Crippen molar-refractivity contribution in [1.29, 1.82) is 0 Å². The molecule has 2 nitrogen and oxygen atoms in total. The summed E-state index contributed by atoms with van der Waals surface area (Å²) in [5, 5.41) is 0. The van der Waals surface area contributed by atoms with Crippen LogP contribution in [0.15, 0.2) is 102 Å². The standard InChI is InChI=1S/C26H24N2/c1-19(21-12-6-3-7-13-21)27-18-28(20(2)22-14-8-4-9-15-22)26-24(25(26)27)23-16-10-5-11-17-23/h3-17,19-20,24H,1-2H3. The molecule has 3 aromatic carbocycles. The van der Waals surface area contributed by atoms with E-state index in [0.717, 1.165) is 0 Å². The van der Waals surface area contributed by atoms with Gasteiger partial charge in [-0.2, -0.15) is 0 Å². The third-order valence-electron chi connectivity index (χ3n) is 5.93. The molecule has 0 spiro atoms. The largest absolute Gasteiger partial charge is 0.335 e. The van der Waals surface area contributed by atoms with Gasteiger partial charge in [0.25, 0.3) is 0 Å². The molecule has 1 aliphatic heterocycles. The molecule has 0 aromatic heterocycles. The third kappa shape index (κ3) is 2.80. The molecule has 2 heteroatoms. The third-order valence-corrected chi connectivity index (χ3v) is 5.93. The Kier molecular flexibility index (Phi) is 4.20. The van der Waals surface area contributed by atoms with Gasteiger partial charge in [-0.05, 0) is 30.5 Å². The van der Waals surface area contributed by atoms with Crippen LogP contribution in [-0.4, -0.2) is 9.80 Å². The normalized spacial score (nSPS) is 20.1. The first-order valence-corrected chi connectivity index (χ1v) is 9.99. The van der Waals surface area contributed by atoms with Crippen molar-refractivity contribution < 1.29 is 0 Å². The molecular weight excluding hydrogens is 340 g/mol. The predicted molar refractivity (Wildman–Crippen MR) is 113 cm³/mol. The Hall–Kier alpha value is -3.00. The van der Waals surface area contributed by atoms with E-state index in [9.17, 15) is 0 Å². The van der Waals surface area contributed by atoms with Gasteiger partial charge in [0.1, 0.15) is 0 Å². The lowest BCUT2D eigenvalue weighted by molar-refractivity contribution is 0.215. The molecule has 0 N–H and O–H groups in total. The predicted octanol–water partition coefficient (Wildman–Crippen LogP) is 6.13. The van der Waals surface area contributed by atoms with E-state index in [-0.39, 0.29) is 12.1 Å². The number of hydrogen-bond acceptors (Lipinski definition) is 2. The first-order valence-electron chi connectivity index (χ1n) is 9.99. The van der Waals surface area contributed by atoms with E-state index >= 15 is 0 Å². The quantitative estimate of drug-likeness (QED) is 0.537. The van der Waals surface area contributed by atoms with E-state index < -0.39 is 0 Å². The summed E-state index contributed by atoms with van der Waals surface area (Å²) in [5.74, 6) is 0.375. The van der Waals surface area contributed by atoms with E-state index in [1.165, 1.54) is 28.1 Å². The molecule has 138 valence electrons. The molecular formula is C26H24N2. The maximum absolute atomic E-state index is 3.68. The monoisotopic (exact) mass is 364 g/mol. The van der Waals surface area contributed by atoms with Crippen molar-refractivity contribution in [2.75, 3.05) is 0 Å². The lowest BCUT2D eigenvalue weighted by atomic mass is 10.0. The fourth-order valence-corrected chi connectivity index (χ4v) is 4.26. The van der Waals surface area contributed by atoms with Crippen molar-refractivity contribution >= 4 is 0 Å². The van der Waals surface area contributed by atoms with Crippen LogP contribution in [-0.2, 0) is 0 Å². The molecule has 5 rings (SSSR count). The van der Waals surface area contributed by atoms with Crippen molar-refractivity contribution in [3.8, 4) is 0 Å². The second-order valence-corrected chi connectivity index (χ2v) is 7.63. The summed E-state index contributed by atoms with van der Waals surface area (Å²) in [4.78, 5) is 4.70. The van der Waals surface area contributed by atoms with Crippen LogP contribution in [0.2, 0.25) is 0 Å². The van der Waals surface area contributed by atoms with Crippen molar-refractivity contribution in [2.45, 2.75) is 31.8 Å². The number of allylic oxidation sites excluding steroid dienone is 2. The van der Waals surface area contributed by atoms with Crippen molar-refractivity contribution in [3.05, 3.63) is 126 Å². The average molecular weight is 364 g/mol. The SMILES string of the molecule is CC(c1ccccc1)N1[C]N(C(C)c2ccccc2)C2=C1C2c1ccccc1. The maximum atomic E-state index is 3.68. The molecule has 0 saturated carbocycles. The highest BCUT2D eigenvalue weighted by Gasteiger charge is 2.53. The van der Waals surface area contributed by atoms with E-state index in [1.807, 2.05) is 0 Å². The number of benzene rings is 3.